The van der Waals surface area contributed by atoms with Crippen molar-refractivity contribution >= 4 is 29.7 Å². The summed E-state index contributed by atoms with van der Waals surface area (Å²) >= 11 is 6.06. The molecule has 1 unspecified atom stereocenters. The first-order chi connectivity index (χ1) is 13.2. The minimum Gasteiger partial charge on any atom is -0.394 e. The highest BCUT2D eigenvalue weighted by molar-refractivity contribution is 6.31. The predicted molar refractivity (Wildman–Crippen MR) is 111 cm³/mol. The summed E-state index contributed by atoms with van der Waals surface area (Å²) in [7, 11) is 0. The molecular weight excluding hydrogens is 358 g/mol. The van der Waals surface area contributed by atoms with Crippen LogP contribution in [0.5, 0.6) is 0 Å². The number of allylic oxidation sites excluding steroid dienone is 8. The van der Waals surface area contributed by atoms with Crippen molar-refractivity contribution in [1.82, 2.24) is 5.32 Å². The van der Waals surface area contributed by atoms with Gasteiger partial charge in [-0.2, -0.15) is 0 Å². The average Bonchev–Trinajstić information content (AvgIpc) is 3.02. The van der Waals surface area contributed by atoms with Crippen molar-refractivity contribution in [2.45, 2.75) is 18.9 Å². The van der Waals surface area contributed by atoms with Crippen LogP contribution in [0.25, 0.3) is 12.2 Å². The van der Waals surface area contributed by atoms with Crippen LogP contribution < -0.4 is 15.8 Å². The molecule has 0 fully saturated rings. The number of carbonyl (C=O) groups is 1. The van der Waals surface area contributed by atoms with Crippen molar-refractivity contribution in [2.24, 2.45) is 0 Å². The fourth-order valence-electron chi connectivity index (χ4n) is 3.01. The van der Waals surface area contributed by atoms with E-state index in [-0.39, 0.29) is 12.5 Å². The molecule has 4 heteroatoms. The molecule has 1 atom stereocenters. The summed E-state index contributed by atoms with van der Waals surface area (Å²) in [5.74, 6) is -0.261. The van der Waals surface area contributed by atoms with Gasteiger partial charge in [-0.05, 0) is 52.7 Å². The summed E-state index contributed by atoms with van der Waals surface area (Å²) in [5, 5.41) is 15.6. The number of hydrogen-bond donors (Lipinski definition) is 2. The van der Waals surface area contributed by atoms with Gasteiger partial charge in [0, 0.05) is 11.1 Å². The molecule has 1 aromatic rings. The normalized spacial score (nSPS) is 17.3. The Bertz CT molecular complexity index is 980. The number of benzene rings is 1. The fourth-order valence-corrected chi connectivity index (χ4v) is 3.23. The van der Waals surface area contributed by atoms with E-state index in [0.29, 0.717) is 5.03 Å². The van der Waals surface area contributed by atoms with Crippen LogP contribution in [0.15, 0.2) is 83.0 Å². The van der Waals surface area contributed by atoms with Crippen LogP contribution in [0, 0.1) is 0 Å². The van der Waals surface area contributed by atoms with E-state index in [2.05, 4.69) is 17.5 Å². The van der Waals surface area contributed by atoms with E-state index in [9.17, 15) is 9.90 Å². The van der Waals surface area contributed by atoms with Gasteiger partial charge in [0.05, 0.1) is 12.6 Å². The van der Waals surface area contributed by atoms with E-state index in [1.165, 1.54) is 6.08 Å². The number of nitrogens with one attached hydrogen (secondary N) is 1. The summed E-state index contributed by atoms with van der Waals surface area (Å²) < 4.78 is 0. The molecule has 2 aliphatic carbocycles. The van der Waals surface area contributed by atoms with Crippen LogP contribution in [-0.2, 0) is 4.79 Å². The molecule has 0 bridgehead atoms. The highest BCUT2D eigenvalue weighted by Crippen LogP contribution is 2.15. The minimum absolute atomic E-state index is 0.165. The van der Waals surface area contributed by atoms with Gasteiger partial charge in [-0.3, -0.25) is 4.79 Å². The van der Waals surface area contributed by atoms with E-state index >= 15 is 0 Å². The summed E-state index contributed by atoms with van der Waals surface area (Å²) in [4.78, 5) is 12.3. The lowest BCUT2D eigenvalue weighted by Gasteiger charge is -2.16. The third-order valence-electron chi connectivity index (χ3n) is 4.40. The molecule has 2 N–H and O–H groups in total. The van der Waals surface area contributed by atoms with E-state index in [1.807, 2.05) is 54.7 Å². The molecule has 0 aliphatic heterocycles. The molecule has 0 aromatic heterocycles. The predicted octanol–water partition coefficient (Wildman–Crippen LogP) is 2.62. The van der Waals surface area contributed by atoms with Gasteiger partial charge >= 0.3 is 0 Å². The second-order valence-electron chi connectivity index (χ2n) is 6.37. The maximum Gasteiger partial charge on any atom is 0.244 e. The topological polar surface area (TPSA) is 49.3 Å². The lowest BCUT2D eigenvalue weighted by molar-refractivity contribution is -0.117. The largest absolute Gasteiger partial charge is 0.394 e. The van der Waals surface area contributed by atoms with Crippen molar-refractivity contribution in [3.63, 3.8) is 0 Å². The van der Waals surface area contributed by atoms with Crippen molar-refractivity contribution in [2.75, 3.05) is 6.61 Å². The molecular formula is C23H22ClNO2. The Morgan fingerprint density at radius 1 is 1.15 bits per heavy atom. The molecule has 27 heavy (non-hydrogen) atoms. The number of aliphatic hydroxyl groups is 1. The molecule has 0 saturated carbocycles. The van der Waals surface area contributed by atoms with Crippen LogP contribution in [0.4, 0.5) is 0 Å². The van der Waals surface area contributed by atoms with Crippen LogP contribution in [0.1, 0.15) is 12.8 Å². The number of fused-ring (bicyclic) bond motifs is 1. The van der Waals surface area contributed by atoms with Crippen LogP contribution in [-0.4, -0.2) is 23.7 Å². The van der Waals surface area contributed by atoms with Crippen LogP contribution in [0.3, 0.4) is 0 Å². The molecule has 1 amide bonds. The van der Waals surface area contributed by atoms with Gasteiger partial charge in [-0.25, -0.2) is 0 Å². The van der Waals surface area contributed by atoms with Crippen molar-refractivity contribution in [3.05, 3.63) is 93.4 Å². The summed E-state index contributed by atoms with van der Waals surface area (Å²) in [6.07, 6.45) is 18.5. The Morgan fingerprint density at radius 2 is 1.96 bits per heavy atom. The zero-order valence-electron chi connectivity index (χ0n) is 14.9. The van der Waals surface area contributed by atoms with Gasteiger partial charge in [-0.1, -0.05) is 66.2 Å². The Balaban J connectivity index is 1.72. The maximum atomic E-state index is 12.3. The first-order valence-electron chi connectivity index (χ1n) is 8.96. The quantitative estimate of drug-likeness (QED) is 0.773. The van der Waals surface area contributed by atoms with Gasteiger partial charge in [-0.15, -0.1) is 0 Å². The summed E-state index contributed by atoms with van der Waals surface area (Å²) in [6.45, 7) is -0.165. The number of carbonyl (C=O) groups excluding carboxylic acids is 1. The number of amides is 1. The standard InChI is InChI=1S/C23H22ClNO2/c24-21-11-4-1-6-17(14-21)12-13-23(27)25-22(16-26)20-10-5-9-18-7-2-3-8-19(18)15-20/h1-3,6-15,22,26H,4-5,16H2,(H,25,27)/b13-12+. The fraction of sp³-hybridized carbons (Fsp3) is 0.174. The van der Waals surface area contributed by atoms with Crippen molar-refractivity contribution in [3.8, 4) is 0 Å². The zero-order valence-corrected chi connectivity index (χ0v) is 15.7. The first-order valence-corrected chi connectivity index (χ1v) is 9.34. The lowest BCUT2D eigenvalue weighted by Crippen LogP contribution is -2.38. The lowest BCUT2D eigenvalue weighted by atomic mass is 10.1. The van der Waals surface area contributed by atoms with Gasteiger partial charge in [0.25, 0.3) is 0 Å². The van der Waals surface area contributed by atoms with Gasteiger partial charge < -0.3 is 10.4 Å². The molecule has 3 nitrogen and oxygen atoms in total. The zero-order chi connectivity index (χ0) is 19.1. The monoisotopic (exact) mass is 379 g/mol. The minimum atomic E-state index is -0.455. The molecule has 0 heterocycles. The smallest absolute Gasteiger partial charge is 0.244 e. The third-order valence-corrected chi connectivity index (χ3v) is 4.67. The molecule has 138 valence electrons. The van der Waals surface area contributed by atoms with Gasteiger partial charge in [0.15, 0.2) is 0 Å². The van der Waals surface area contributed by atoms with E-state index in [4.69, 9.17) is 11.6 Å². The number of aliphatic hydroxyl groups excluding tert-OH is 1. The Hall–Kier alpha value is -2.62. The highest BCUT2D eigenvalue weighted by Gasteiger charge is 2.14. The highest BCUT2D eigenvalue weighted by atomic mass is 35.5. The van der Waals surface area contributed by atoms with Crippen LogP contribution in [0.2, 0.25) is 0 Å². The molecule has 2 aliphatic rings. The van der Waals surface area contributed by atoms with Gasteiger partial charge in [0.1, 0.15) is 0 Å². The Labute approximate surface area is 164 Å². The Kier molecular flexibility index (Phi) is 6.64. The van der Waals surface area contributed by atoms with E-state index in [0.717, 1.165) is 34.4 Å². The second-order valence-corrected chi connectivity index (χ2v) is 6.80. The Morgan fingerprint density at radius 3 is 2.78 bits per heavy atom. The molecule has 3 rings (SSSR count). The van der Waals surface area contributed by atoms with Crippen molar-refractivity contribution < 1.29 is 9.90 Å². The number of hydrogen-bond acceptors (Lipinski definition) is 2. The molecule has 0 radical (unpaired) electrons. The van der Waals surface area contributed by atoms with Crippen molar-refractivity contribution in [1.29, 1.82) is 0 Å². The molecule has 0 spiro atoms. The number of rotatable bonds is 5. The molecule has 1 aromatic carbocycles. The van der Waals surface area contributed by atoms with E-state index < -0.39 is 6.04 Å². The van der Waals surface area contributed by atoms with E-state index in [1.54, 1.807) is 6.08 Å². The maximum absolute atomic E-state index is 12.3. The third kappa shape index (κ3) is 5.43. The SMILES string of the molecule is O=C(/C=C/C1=CC(Cl)=CCC=C1)NC(CO)C1=CCC=c2ccccc2=C1. The van der Waals surface area contributed by atoms with Crippen LogP contribution >= 0.6 is 11.6 Å². The second kappa shape index (κ2) is 9.36. The number of halogens is 1. The average molecular weight is 380 g/mol. The first kappa shape index (κ1) is 19.2. The van der Waals surface area contributed by atoms with Gasteiger partial charge in [0.2, 0.25) is 5.91 Å². The summed E-state index contributed by atoms with van der Waals surface area (Å²) in [6, 6.07) is 7.62. The molecule has 0 saturated heterocycles. The summed E-state index contributed by atoms with van der Waals surface area (Å²) in [5.41, 5.74) is 1.76.